The molecule has 2 atom stereocenters. The molecule has 5 aromatic carbocycles. The topological polar surface area (TPSA) is 19.4 Å². The van der Waals surface area contributed by atoms with E-state index in [4.69, 9.17) is 0 Å². The summed E-state index contributed by atoms with van der Waals surface area (Å²) in [7, 11) is 0. The first kappa shape index (κ1) is 37.7. The molecule has 8 rings (SSSR count). The lowest BCUT2D eigenvalue weighted by Gasteiger charge is -2.32. The first-order valence-corrected chi connectivity index (χ1v) is 20.0. The van der Waals surface area contributed by atoms with Gasteiger partial charge in [0.05, 0.1) is 5.69 Å². The van der Waals surface area contributed by atoms with E-state index in [1.165, 1.54) is 27.3 Å². The molecule has 0 fully saturated rings. The van der Waals surface area contributed by atoms with E-state index >= 15 is 0 Å². The lowest BCUT2D eigenvalue weighted by molar-refractivity contribution is 0.569. The van der Waals surface area contributed by atoms with Gasteiger partial charge in [-0.1, -0.05) is 127 Å². The zero-order chi connectivity index (χ0) is 38.7. The minimum Gasteiger partial charge on any atom is -0.310 e. The van der Waals surface area contributed by atoms with E-state index in [-0.39, 0.29) is 10.8 Å². The molecule has 1 aliphatic carbocycles. The molecule has 0 saturated carbocycles. The molecule has 2 heterocycles. The van der Waals surface area contributed by atoms with E-state index < -0.39 is 0 Å². The van der Waals surface area contributed by atoms with E-state index in [0.717, 1.165) is 39.6 Å². The van der Waals surface area contributed by atoms with Crippen molar-refractivity contribution in [2.75, 3.05) is 9.80 Å². The minimum atomic E-state index is -0.0107. The van der Waals surface area contributed by atoms with Crippen LogP contribution in [0.3, 0.4) is 0 Å². The summed E-state index contributed by atoms with van der Waals surface area (Å²) in [5, 5.41) is 0.395. The van der Waals surface area contributed by atoms with Crippen LogP contribution in [0.2, 0.25) is 0 Å². The highest BCUT2D eigenvalue weighted by molar-refractivity contribution is 8.00. The number of benzene rings is 5. The van der Waals surface area contributed by atoms with Crippen LogP contribution in [0.5, 0.6) is 0 Å². The molecule has 0 radical (unpaired) electrons. The fourth-order valence-corrected chi connectivity index (χ4v) is 8.86. The third-order valence-corrected chi connectivity index (χ3v) is 11.7. The Morgan fingerprint density at radius 1 is 0.545 bits per heavy atom. The third kappa shape index (κ3) is 7.83. The Morgan fingerprint density at radius 3 is 1.82 bits per heavy atom. The van der Waals surface area contributed by atoms with Crippen LogP contribution in [-0.4, -0.2) is 10.2 Å². The Bertz CT molecular complexity index is 2300. The number of rotatable bonds is 7. The molecule has 3 nitrogen and oxygen atoms in total. The summed E-state index contributed by atoms with van der Waals surface area (Å²) in [5.41, 5.74) is 13.0. The summed E-state index contributed by atoms with van der Waals surface area (Å²) >= 11 is 1.98. The monoisotopic (exact) mass is 737 g/mol. The molecule has 276 valence electrons. The van der Waals surface area contributed by atoms with Gasteiger partial charge in [0, 0.05) is 62.5 Å². The van der Waals surface area contributed by atoms with Crippen LogP contribution in [0, 0.1) is 0 Å². The molecule has 0 bridgehead atoms. The summed E-state index contributed by atoms with van der Waals surface area (Å²) in [6.45, 7) is 19.8. The first-order valence-electron chi connectivity index (χ1n) is 19.1. The molecule has 1 aliphatic heterocycles. The minimum absolute atomic E-state index is 0.0107. The maximum absolute atomic E-state index is 4.44. The summed E-state index contributed by atoms with van der Waals surface area (Å²) < 4.78 is 0. The van der Waals surface area contributed by atoms with Gasteiger partial charge in [0.25, 0.3) is 0 Å². The third-order valence-electron chi connectivity index (χ3n) is 10.3. The molecule has 1 aromatic heterocycles. The number of para-hydroxylation sites is 1. The van der Waals surface area contributed by atoms with Crippen molar-refractivity contribution in [2.45, 2.75) is 68.4 Å². The van der Waals surface area contributed by atoms with E-state index in [9.17, 15) is 0 Å². The smallest absolute Gasteiger partial charge is 0.0600 e. The number of allylic oxidation sites excluding steroid dienone is 3. The molecule has 4 heteroatoms. The molecule has 2 aliphatic rings. The highest BCUT2D eigenvalue weighted by atomic mass is 32.2. The van der Waals surface area contributed by atoms with Crippen LogP contribution in [0.1, 0.15) is 64.2 Å². The van der Waals surface area contributed by atoms with Crippen molar-refractivity contribution in [1.29, 1.82) is 0 Å². The predicted molar refractivity (Wildman–Crippen MR) is 238 cm³/mol. The highest BCUT2D eigenvalue weighted by Crippen LogP contribution is 2.54. The lowest BCUT2D eigenvalue weighted by Crippen LogP contribution is -2.19. The summed E-state index contributed by atoms with van der Waals surface area (Å²) in [4.78, 5) is 10.6. The molecular formula is C51H51N3S. The Morgan fingerprint density at radius 2 is 1.15 bits per heavy atom. The normalized spacial score (nSPS) is 15.7. The number of thioether (sulfide) groups is 1. The quantitative estimate of drug-likeness (QED) is 0.152. The molecule has 2 unspecified atom stereocenters. The van der Waals surface area contributed by atoms with Crippen molar-refractivity contribution in [3.8, 4) is 11.1 Å². The molecule has 6 aromatic rings. The predicted octanol–water partition coefficient (Wildman–Crippen LogP) is 14.8. The molecular weight excluding hydrogens is 687 g/mol. The molecule has 55 heavy (non-hydrogen) atoms. The zero-order valence-electron chi connectivity index (χ0n) is 32.9. The van der Waals surface area contributed by atoms with Gasteiger partial charge in [-0.2, -0.15) is 0 Å². The summed E-state index contributed by atoms with van der Waals surface area (Å²) in [6.07, 6.45) is 12.9. The number of fused-ring (bicyclic) bond motifs is 3. The largest absolute Gasteiger partial charge is 0.310 e. The van der Waals surface area contributed by atoms with Gasteiger partial charge in [-0.25, -0.2) is 0 Å². The number of anilines is 6. The zero-order valence-corrected chi connectivity index (χ0v) is 33.7. The number of aromatic nitrogens is 1. The lowest BCUT2D eigenvalue weighted by atomic mass is 9.80. The summed E-state index contributed by atoms with van der Waals surface area (Å²) in [6, 6.07) is 46.8. The van der Waals surface area contributed by atoms with Crippen LogP contribution in [0.4, 0.5) is 34.1 Å². The average Bonchev–Trinajstić information content (AvgIpc) is 3.59. The van der Waals surface area contributed by atoms with E-state index in [0.29, 0.717) is 11.2 Å². The maximum atomic E-state index is 4.44. The van der Waals surface area contributed by atoms with Crippen LogP contribution >= 0.6 is 11.8 Å². The van der Waals surface area contributed by atoms with Crippen molar-refractivity contribution in [1.82, 2.24) is 4.98 Å². The van der Waals surface area contributed by atoms with Gasteiger partial charge in [0.15, 0.2) is 0 Å². The second-order valence-electron chi connectivity index (χ2n) is 16.2. The van der Waals surface area contributed by atoms with Crippen molar-refractivity contribution in [2.24, 2.45) is 0 Å². The van der Waals surface area contributed by atoms with Crippen LogP contribution in [-0.2, 0) is 10.8 Å². The van der Waals surface area contributed by atoms with Gasteiger partial charge in [0.2, 0.25) is 0 Å². The Labute approximate surface area is 332 Å². The summed E-state index contributed by atoms with van der Waals surface area (Å²) in [5.74, 6) is 0.371. The first-order chi connectivity index (χ1) is 26.5. The van der Waals surface area contributed by atoms with Gasteiger partial charge in [0.1, 0.15) is 0 Å². The second kappa shape index (κ2) is 15.6. The van der Waals surface area contributed by atoms with Gasteiger partial charge in [-0.05, 0) is 99.8 Å². The average molecular weight is 738 g/mol. The molecule has 0 amide bonds. The number of pyridine rings is 1. The van der Waals surface area contributed by atoms with Crippen molar-refractivity contribution >= 4 is 45.9 Å². The van der Waals surface area contributed by atoms with Crippen molar-refractivity contribution < 1.29 is 0 Å². The number of hydrogen-bond donors (Lipinski definition) is 0. The van der Waals surface area contributed by atoms with Crippen LogP contribution in [0.15, 0.2) is 182 Å². The van der Waals surface area contributed by atoms with Gasteiger partial charge in [-0.3, -0.25) is 4.98 Å². The SMILES string of the molecule is C=C.CC(C)(C)c1cc(N(c2ccccc2)c2cccc(N(c3cccc(-c4cccnc4)c3)c3cccc4c3SC3C=CC=CC43)c2)cc(C(C)(C)C)c1. The Balaban J connectivity index is 0.00000229. The standard InChI is InChI=1S/C49H47N3S.C2H4/c1-48(2,3)36-29-37(49(4,5)6)31-42(30-36)51(38-18-8-7-9-19-38)40-21-13-22-41(32-40)52(39-20-12-16-34(28-39)35-17-15-27-50-33-35)45-25-14-24-44-43-23-10-11-26-46(43)53-47(44)45;1-2/h7-33,43,46H,1-6H3;1-2H2. The maximum Gasteiger partial charge on any atom is 0.0600 e. The van der Waals surface area contributed by atoms with Crippen molar-refractivity contribution in [3.05, 3.63) is 194 Å². The second-order valence-corrected chi connectivity index (χ2v) is 17.3. The van der Waals surface area contributed by atoms with E-state index in [1.807, 2.05) is 30.2 Å². The van der Waals surface area contributed by atoms with E-state index in [1.54, 1.807) is 0 Å². The highest BCUT2D eigenvalue weighted by Gasteiger charge is 2.34. The van der Waals surface area contributed by atoms with E-state index in [2.05, 4.69) is 215 Å². The van der Waals surface area contributed by atoms with Gasteiger partial charge < -0.3 is 9.80 Å². The van der Waals surface area contributed by atoms with Gasteiger partial charge >= 0.3 is 0 Å². The number of nitrogens with zero attached hydrogens (tertiary/aromatic N) is 3. The number of hydrogen-bond acceptors (Lipinski definition) is 4. The van der Waals surface area contributed by atoms with Crippen LogP contribution in [0.25, 0.3) is 11.1 Å². The van der Waals surface area contributed by atoms with Crippen LogP contribution < -0.4 is 9.80 Å². The fourth-order valence-electron chi connectivity index (χ4n) is 7.41. The van der Waals surface area contributed by atoms with Crippen molar-refractivity contribution in [3.63, 3.8) is 0 Å². The molecule has 0 spiro atoms. The Hall–Kier alpha value is -5.58. The van der Waals surface area contributed by atoms with Gasteiger partial charge in [-0.15, -0.1) is 24.9 Å². The Kier molecular flexibility index (Phi) is 10.7. The fraction of sp³-hybridized carbons (Fsp3) is 0.196. The molecule has 0 saturated heterocycles. The molecule has 0 N–H and O–H groups in total.